The molecule has 1 saturated heterocycles. The highest BCUT2D eigenvalue weighted by Gasteiger charge is 2.46. The SMILES string of the molecule is CCOc1ccc(C2/C(=C(/O)c3ccc(OC)c(OC)c3)C(=O)C(=O)N2CCOC(C)C)cc1. The first kappa shape index (κ1) is 25.1. The molecule has 1 fully saturated rings. The molecule has 1 heterocycles. The number of aliphatic hydroxyl groups excluding tert-OH is 1. The molecule has 1 N–H and O–H groups in total. The van der Waals surface area contributed by atoms with Gasteiger partial charge in [-0.3, -0.25) is 9.59 Å². The van der Waals surface area contributed by atoms with Crippen LogP contribution in [-0.2, 0) is 14.3 Å². The lowest BCUT2D eigenvalue weighted by atomic mass is 9.95. The van der Waals surface area contributed by atoms with E-state index in [1.165, 1.54) is 19.1 Å². The summed E-state index contributed by atoms with van der Waals surface area (Å²) in [5.74, 6) is -0.183. The highest BCUT2D eigenvalue weighted by Crippen LogP contribution is 2.40. The Hall–Kier alpha value is -3.52. The maximum atomic E-state index is 13.1. The number of aliphatic hydroxyl groups is 1. The molecule has 8 heteroatoms. The van der Waals surface area contributed by atoms with Gasteiger partial charge in [-0.25, -0.2) is 0 Å². The first-order valence-corrected chi connectivity index (χ1v) is 11.2. The Morgan fingerprint density at radius 3 is 2.29 bits per heavy atom. The largest absolute Gasteiger partial charge is 0.507 e. The van der Waals surface area contributed by atoms with E-state index < -0.39 is 17.7 Å². The lowest BCUT2D eigenvalue weighted by Crippen LogP contribution is -2.33. The van der Waals surface area contributed by atoms with Gasteiger partial charge in [0.25, 0.3) is 11.7 Å². The Morgan fingerprint density at radius 1 is 1.03 bits per heavy atom. The van der Waals surface area contributed by atoms with Gasteiger partial charge in [0.1, 0.15) is 11.5 Å². The highest BCUT2D eigenvalue weighted by atomic mass is 16.5. The number of Topliss-reactive ketones (excluding diaryl/α,β-unsaturated/α-hetero) is 1. The average molecular weight is 470 g/mol. The minimum Gasteiger partial charge on any atom is -0.507 e. The van der Waals surface area contributed by atoms with Gasteiger partial charge >= 0.3 is 0 Å². The number of hydrogen-bond donors (Lipinski definition) is 1. The van der Waals surface area contributed by atoms with Crippen LogP contribution in [0.15, 0.2) is 48.0 Å². The van der Waals surface area contributed by atoms with E-state index in [9.17, 15) is 14.7 Å². The molecule has 1 atom stereocenters. The number of nitrogens with zero attached hydrogens (tertiary/aromatic N) is 1. The van der Waals surface area contributed by atoms with Crippen LogP contribution in [-0.4, -0.2) is 61.8 Å². The van der Waals surface area contributed by atoms with Crippen molar-refractivity contribution in [3.05, 3.63) is 59.2 Å². The number of likely N-dealkylation sites (tertiary alicyclic amines) is 1. The molecule has 0 spiro atoms. The second kappa shape index (κ2) is 11.1. The van der Waals surface area contributed by atoms with E-state index in [1.807, 2.05) is 20.8 Å². The molecular weight excluding hydrogens is 438 g/mol. The number of carbonyl (C=O) groups excluding carboxylic acids is 2. The van der Waals surface area contributed by atoms with Crippen LogP contribution in [0.1, 0.15) is 37.9 Å². The zero-order valence-corrected chi connectivity index (χ0v) is 20.2. The summed E-state index contributed by atoms with van der Waals surface area (Å²) in [5, 5.41) is 11.2. The predicted octanol–water partition coefficient (Wildman–Crippen LogP) is 3.95. The fourth-order valence-corrected chi connectivity index (χ4v) is 3.90. The van der Waals surface area contributed by atoms with Crippen molar-refractivity contribution < 1.29 is 33.6 Å². The number of hydrogen-bond acceptors (Lipinski definition) is 7. The summed E-state index contributed by atoms with van der Waals surface area (Å²) in [6.07, 6.45) is -0.0208. The van der Waals surface area contributed by atoms with Crippen molar-refractivity contribution in [1.82, 2.24) is 4.90 Å². The molecule has 1 aliphatic rings. The smallest absolute Gasteiger partial charge is 0.295 e. The van der Waals surface area contributed by atoms with Crippen LogP contribution < -0.4 is 14.2 Å². The highest BCUT2D eigenvalue weighted by molar-refractivity contribution is 6.46. The Kier molecular flexibility index (Phi) is 8.17. The standard InChI is InChI=1S/C26H31NO7/c1-6-33-19-10-7-17(8-11-19)23-22(25(29)26(30)27(23)13-14-34-16(2)3)24(28)18-9-12-20(31-4)21(15-18)32-5/h7-12,15-16,23,28H,6,13-14H2,1-5H3/b24-22-. The van der Waals surface area contributed by atoms with E-state index in [0.29, 0.717) is 35.0 Å². The topological polar surface area (TPSA) is 94.5 Å². The van der Waals surface area contributed by atoms with E-state index in [0.717, 1.165) is 0 Å². The van der Waals surface area contributed by atoms with Crippen molar-refractivity contribution in [2.24, 2.45) is 0 Å². The van der Waals surface area contributed by atoms with Crippen molar-refractivity contribution >= 4 is 17.4 Å². The monoisotopic (exact) mass is 469 g/mol. The van der Waals surface area contributed by atoms with Crippen LogP contribution in [0.3, 0.4) is 0 Å². The molecule has 1 amide bonds. The first-order valence-electron chi connectivity index (χ1n) is 11.2. The number of amides is 1. The van der Waals surface area contributed by atoms with E-state index in [1.54, 1.807) is 42.5 Å². The summed E-state index contributed by atoms with van der Waals surface area (Å²) in [5.41, 5.74) is 1.02. The van der Waals surface area contributed by atoms with Gasteiger partial charge in [-0.15, -0.1) is 0 Å². The van der Waals surface area contributed by atoms with E-state index in [-0.39, 0.29) is 30.6 Å². The Morgan fingerprint density at radius 2 is 1.71 bits per heavy atom. The number of carbonyl (C=O) groups is 2. The van der Waals surface area contributed by atoms with E-state index >= 15 is 0 Å². The van der Waals surface area contributed by atoms with Crippen LogP contribution in [0.2, 0.25) is 0 Å². The summed E-state index contributed by atoms with van der Waals surface area (Å²) >= 11 is 0. The molecule has 0 bridgehead atoms. The van der Waals surface area contributed by atoms with Crippen molar-refractivity contribution in [1.29, 1.82) is 0 Å². The first-order chi connectivity index (χ1) is 16.3. The van der Waals surface area contributed by atoms with Crippen LogP contribution >= 0.6 is 0 Å². The Labute approximate surface area is 199 Å². The third-order valence-corrected chi connectivity index (χ3v) is 5.49. The molecule has 0 aliphatic carbocycles. The van der Waals surface area contributed by atoms with Crippen LogP contribution in [0.5, 0.6) is 17.2 Å². The molecule has 1 unspecified atom stereocenters. The maximum absolute atomic E-state index is 13.1. The number of rotatable bonds is 10. The zero-order valence-electron chi connectivity index (χ0n) is 20.2. The summed E-state index contributed by atoms with van der Waals surface area (Å²) in [6, 6.07) is 11.2. The predicted molar refractivity (Wildman–Crippen MR) is 127 cm³/mol. The van der Waals surface area contributed by atoms with Crippen LogP contribution in [0.4, 0.5) is 0 Å². The molecule has 2 aromatic rings. The Bertz CT molecular complexity index is 1060. The normalized spacial score (nSPS) is 17.4. The molecule has 0 aromatic heterocycles. The van der Waals surface area contributed by atoms with Crippen molar-refractivity contribution in [2.45, 2.75) is 32.9 Å². The lowest BCUT2D eigenvalue weighted by molar-refractivity contribution is -0.140. The van der Waals surface area contributed by atoms with Gasteiger partial charge < -0.3 is 29.0 Å². The van der Waals surface area contributed by atoms with Gasteiger partial charge in [-0.05, 0) is 56.7 Å². The Balaban J connectivity index is 2.10. The molecule has 0 radical (unpaired) electrons. The van der Waals surface area contributed by atoms with E-state index in [2.05, 4.69) is 0 Å². The third-order valence-electron chi connectivity index (χ3n) is 5.49. The fraction of sp³-hybridized carbons (Fsp3) is 0.385. The zero-order chi connectivity index (χ0) is 24.8. The summed E-state index contributed by atoms with van der Waals surface area (Å²) < 4.78 is 21.7. The minimum absolute atomic E-state index is 0.00549. The molecule has 1 aliphatic heterocycles. The van der Waals surface area contributed by atoms with Crippen LogP contribution in [0, 0.1) is 0 Å². The number of ketones is 1. The van der Waals surface area contributed by atoms with Gasteiger partial charge in [-0.2, -0.15) is 0 Å². The number of benzene rings is 2. The third kappa shape index (κ3) is 5.17. The van der Waals surface area contributed by atoms with Crippen molar-refractivity contribution in [3.8, 4) is 17.2 Å². The lowest BCUT2D eigenvalue weighted by Gasteiger charge is -2.26. The number of methoxy groups -OCH3 is 2. The quantitative estimate of drug-likeness (QED) is 0.320. The van der Waals surface area contributed by atoms with Crippen molar-refractivity contribution in [2.75, 3.05) is 34.0 Å². The van der Waals surface area contributed by atoms with Gasteiger partial charge in [0.05, 0.1) is 45.2 Å². The van der Waals surface area contributed by atoms with Crippen molar-refractivity contribution in [3.63, 3.8) is 0 Å². The second-order valence-electron chi connectivity index (χ2n) is 7.98. The van der Waals surface area contributed by atoms with Crippen LogP contribution in [0.25, 0.3) is 5.76 Å². The molecule has 34 heavy (non-hydrogen) atoms. The molecule has 8 nitrogen and oxygen atoms in total. The molecular formula is C26H31NO7. The molecule has 0 saturated carbocycles. The minimum atomic E-state index is -0.778. The molecule has 2 aromatic carbocycles. The van der Waals surface area contributed by atoms with Gasteiger partial charge in [0.2, 0.25) is 0 Å². The van der Waals surface area contributed by atoms with Gasteiger partial charge in [-0.1, -0.05) is 12.1 Å². The second-order valence-corrected chi connectivity index (χ2v) is 7.98. The maximum Gasteiger partial charge on any atom is 0.295 e. The summed E-state index contributed by atoms with van der Waals surface area (Å²) in [4.78, 5) is 27.6. The van der Waals surface area contributed by atoms with Gasteiger partial charge in [0, 0.05) is 12.1 Å². The molecule has 3 rings (SSSR count). The van der Waals surface area contributed by atoms with Gasteiger partial charge in [0.15, 0.2) is 11.5 Å². The molecule has 182 valence electrons. The fourth-order valence-electron chi connectivity index (χ4n) is 3.90. The average Bonchev–Trinajstić information content (AvgIpc) is 3.08. The summed E-state index contributed by atoms with van der Waals surface area (Å²) in [6.45, 7) is 6.66. The van der Waals surface area contributed by atoms with E-state index in [4.69, 9.17) is 18.9 Å². The number of ether oxygens (including phenoxy) is 4. The summed E-state index contributed by atoms with van der Waals surface area (Å²) in [7, 11) is 2.99.